The first-order valence-corrected chi connectivity index (χ1v) is 4.41. The number of nitrogens with zero attached hydrogens (tertiary/aromatic N) is 1. The minimum atomic E-state index is 0.114. The second-order valence-electron chi connectivity index (χ2n) is 2.92. The van der Waals surface area contributed by atoms with Crippen LogP contribution in [-0.2, 0) is 6.42 Å². The number of para-hydroxylation sites is 1. The molecule has 1 rings (SSSR count). The first-order chi connectivity index (χ1) is 6.24. The Labute approximate surface area is 78.5 Å². The van der Waals surface area contributed by atoms with Gasteiger partial charge >= 0.3 is 0 Å². The summed E-state index contributed by atoms with van der Waals surface area (Å²) in [5, 5.41) is 0. The van der Waals surface area contributed by atoms with Gasteiger partial charge in [0.05, 0.1) is 5.69 Å². The van der Waals surface area contributed by atoms with E-state index in [1.807, 2.05) is 24.3 Å². The van der Waals surface area contributed by atoms with Gasteiger partial charge in [0.25, 0.3) is 0 Å². The van der Waals surface area contributed by atoms with Crippen molar-refractivity contribution in [1.82, 2.24) is 0 Å². The molecular weight excluding hydrogens is 162 g/mol. The SMILES string of the molecule is CCCc1ccccc1N=C(N)N. The molecule has 0 aliphatic heterocycles. The maximum absolute atomic E-state index is 5.32. The van der Waals surface area contributed by atoms with Gasteiger partial charge in [-0.25, -0.2) is 4.99 Å². The molecule has 0 aromatic heterocycles. The van der Waals surface area contributed by atoms with Crippen molar-refractivity contribution in [2.45, 2.75) is 19.8 Å². The quantitative estimate of drug-likeness (QED) is 0.543. The molecule has 1 aromatic carbocycles. The van der Waals surface area contributed by atoms with Crippen LogP contribution in [0, 0.1) is 0 Å². The summed E-state index contributed by atoms with van der Waals surface area (Å²) in [5.74, 6) is 0.114. The lowest BCUT2D eigenvalue weighted by molar-refractivity contribution is 0.921. The van der Waals surface area contributed by atoms with Crippen LogP contribution in [0.15, 0.2) is 29.3 Å². The molecule has 3 nitrogen and oxygen atoms in total. The summed E-state index contributed by atoms with van der Waals surface area (Å²) in [6.07, 6.45) is 2.10. The van der Waals surface area contributed by atoms with E-state index in [4.69, 9.17) is 11.5 Å². The first-order valence-electron chi connectivity index (χ1n) is 4.41. The molecule has 70 valence electrons. The number of guanidine groups is 1. The predicted octanol–water partition coefficient (Wildman–Crippen LogP) is 1.54. The Morgan fingerprint density at radius 1 is 1.31 bits per heavy atom. The van der Waals surface area contributed by atoms with Gasteiger partial charge in [0, 0.05) is 0 Å². The third-order valence-electron chi connectivity index (χ3n) is 1.76. The lowest BCUT2D eigenvalue weighted by atomic mass is 10.1. The minimum absolute atomic E-state index is 0.114. The van der Waals surface area contributed by atoms with Gasteiger partial charge in [0.1, 0.15) is 0 Å². The van der Waals surface area contributed by atoms with E-state index in [0.29, 0.717) is 0 Å². The molecule has 13 heavy (non-hydrogen) atoms. The third kappa shape index (κ3) is 2.78. The second kappa shape index (κ2) is 4.50. The van der Waals surface area contributed by atoms with E-state index in [0.717, 1.165) is 18.5 Å². The molecule has 0 fully saturated rings. The molecule has 0 aliphatic carbocycles. The van der Waals surface area contributed by atoms with E-state index < -0.39 is 0 Å². The molecule has 0 unspecified atom stereocenters. The van der Waals surface area contributed by atoms with Gasteiger partial charge in [-0.3, -0.25) is 0 Å². The summed E-state index contributed by atoms with van der Waals surface area (Å²) in [6.45, 7) is 2.13. The van der Waals surface area contributed by atoms with Gasteiger partial charge in [0.2, 0.25) is 0 Å². The highest BCUT2D eigenvalue weighted by Crippen LogP contribution is 2.19. The Kier molecular flexibility index (Phi) is 3.31. The average molecular weight is 177 g/mol. The molecule has 0 aliphatic rings. The van der Waals surface area contributed by atoms with E-state index in [-0.39, 0.29) is 5.96 Å². The fourth-order valence-corrected chi connectivity index (χ4v) is 1.24. The number of hydrogen-bond donors (Lipinski definition) is 2. The number of nitrogens with two attached hydrogens (primary N) is 2. The first kappa shape index (κ1) is 9.58. The lowest BCUT2D eigenvalue weighted by Gasteiger charge is -2.03. The standard InChI is InChI=1S/C10H15N3/c1-2-5-8-6-3-4-7-9(8)13-10(11)12/h3-4,6-7H,2,5H2,1H3,(H4,11,12,13). The van der Waals surface area contributed by atoms with Crippen LogP contribution >= 0.6 is 0 Å². The molecule has 3 heteroatoms. The maximum Gasteiger partial charge on any atom is 0.191 e. The molecule has 0 bridgehead atoms. The van der Waals surface area contributed by atoms with Gasteiger partial charge in [-0.1, -0.05) is 31.5 Å². The molecule has 0 saturated carbocycles. The molecule has 0 saturated heterocycles. The third-order valence-corrected chi connectivity index (χ3v) is 1.76. The minimum Gasteiger partial charge on any atom is -0.370 e. The highest BCUT2D eigenvalue weighted by Gasteiger charge is 1.98. The van der Waals surface area contributed by atoms with E-state index in [2.05, 4.69) is 11.9 Å². The molecule has 0 spiro atoms. The van der Waals surface area contributed by atoms with Crippen LogP contribution in [0.4, 0.5) is 5.69 Å². The van der Waals surface area contributed by atoms with Crippen LogP contribution < -0.4 is 11.5 Å². The number of benzene rings is 1. The van der Waals surface area contributed by atoms with E-state index >= 15 is 0 Å². The molecule has 1 aromatic rings. The van der Waals surface area contributed by atoms with Crippen LogP contribution in [0.2, 0.25) is 0 Å². The van der Waals surface area contributed by atoms with Gasteiger partial charge in [-0.2, -0.15) is 0 Å². The summed E-state index contributed by atoms with van der Waals surface area (Å²) in [4.78, 5) is 4.05. The van der Waals surface area contributed by atoms with Crippen LogP contribution in [0.1, 0.15) is 18.9 Å². The van der Waals surface area contributed by atoms with Gasteiger partial charge in [-0.05, 0) is 18.1 Å². The highest BCUT2D eigenvalue weighted by atomic mass is 15.0. The Bertz CT molecular complexity index is 301. The topological polar surface area (TPSA) is 64.4 Å². The Morgan fingerprint density at radius 3 is 2.62 bits per heavy atom. The van der Waals surface area contributed by atoms with Crippen molar-refractivity contribution < 1.29 is 0 Å². The largest absolute Gasteiger partial charge is 0.370 e. The predicted molar refractivity (Wildman–Crippen MR) is 55.9 cm³/mol. The summed E-state index contributed by atoms with van der Waals surface area (Å²) >= 11 is 0. The molecule has 0 atom stereocenters. The van der Waals surface area contributed by atoms with Gasteiger partial charge in [-0.15, -0.1) is 0 Å². The van der Waals surface area contributed by atoms with Crippen molar-refractivity contribution in [3.05, 3.63) is 29.8 Å². The normalized spacial score (nSPS) is 9.62. The molecule has 0 amide bonds. The second-order valence-corrected chi connectivity index (χ2v) is 2.92. The fourth-order valence-electron chi connectivity index (χ4n) is 1.24. The highest BCUT2D eigenvalue weighted by molar-refractivity contribution is 5.79. The van der Waals surface area contributed by atoms with Crippen molar-refractivity contribution in [3.8, 4) is 0 Å². The van der Waals surface area contributed by atoms with E-state index in [1.165, 1.54) is 5.56 Å². The summed E-state index contributed by atoms with van der Waals surface area (Å²) in [6, 6.07) is 7.90. The van der Waals surface area contributed by atoms with Crippen molar-refractivity contribution >= 4 is 11.6 Å². The Balaban J connectivity index is 2.97. The zero-order chi connectivity index (χ0) is 9.68. The smallest absolute Gasteiger partial charge is 0.191 e. The fraction of sp³-hybridized carbons (Fsp3) is 0.300. The number of aliphatic imine (C=N–C) groups is 1. The Morgan fingerprint density at radius 2 is 2.00 bits per heavy atom. The number of hydrogen-bond acceptors (Lipinski definition) is 1. The van der Waals surface area contributed by atoms with Gasteiger partial charge in [0.15, 0.2) is 5.96 Å². The van der Waals surface area contributed by atoms with Crippen molar-refractivity contribution in [2.24, 2.45) is 16.5 Å². The number of rotatable bonds is 3. The Hall–Kier alpha value is -1.51. The average Bonchev–Trinajstić information content (AvgIpc) is 2.08. The molecule has 0 heterocycles. The zero-order valence-electron chi connectivity index (χ0n) is 7.83. The van der Waals surface area contributed by atoms with E-state index in [9.17, 15) is 0 Å². The number of aryl methyl sites for hydroxylation is 1. The molecule has 4 N–H and O–H groups in total. The molecule has 0 radical (unpaired) electrons. The van der Waals surface area contributed by atoms with Gasteiger partial charge < -0.3 is 11.5 Å². The van der Waals surface area contributed by atoms with Crippen LogP contribution in [-0.4, -0.2) is 5.96 Å². The lowest BCUT2D eigenvalue weighted by Crippen LogP contribution is -2.22. The monoisotopic (exact) mass is 177 g/mol. The van der Waals surface area contributed by atoms with Crippen molar-refractivity contribution in [3.63, 3.8) is 0 Å². The van der Waals surface area contributed by atoms with Crippen LogP contribution in [0.25, 0.3) is 0 Å². The summed E-state index contributed by atoms with van der Waals surface area (Å²) in [7, 11) is 0. The maximum atomic E-state index is 5.32. The summed E-state index contributed by atoms with van der Waals surface area (Å²) in [5.41, 5.74) is 12.7. The van der Waals surface area contributed by atoms with Crippen molar-refractivity contribution in [2.75, 3.05) is 0 Å². The van der Waals surface area contributed by atoms with E-state index in [1.54, 1.807) is 0 Å². The van der Waals surface area contributed by atoms with Crippen LogP contribution in [0.5, 0.6) is 0 Å². The van der Waals surface area contributed by atoms with Crippen molar-refractivity contribution in [1.29, 1.82) is 0 Å². The molecular formula is C10H15N3. The summed E-state index contributed by atoms with van der Waals surface area (Å²) < 4.78 is 0. The zero-order valence-corrected chi connectivity index (χ0v) is 7.83. The van der Waals surface area contributed by atoms with Crippen LogP contribution in [0.3, 0.4) is 0 Å².